The lowest BCUT2D eigenvalue weighted by molar-refractivity contribution is 0.101. The summed E-state index contributed by atoms with van der Waals surface area (Å²) >= 11 is 0. The Morgan fingerprint density at radius 1 is 1.38 bits per heavy atom. The van der Waals surface area contributed by atoms with Crippen LogP contribution in [0.25, 0.3) is 10.9 Å². The first kappa shape index (κ1) is 8.05. The zero-order chi connectivity index (χ0) is 9.42. The van der Waals surface area contributed by atoms with E-state index < -0.39 is 0 Å². The van der Waals surface area contributed by atoms with E-state index >= 15 is 0 Å². The first-order valence-corrected chi connectivity index (χ1v) is 4.27. The fourth-order valence-electron chi connectivity index (χ4n) is 1.48. The van der Waals surface area contributed by atoms with Gasteiger partial charge in [-0.3, -0.25) is 4.79 Å². The predicted octanol–water partition coefficient (Wildman–Crippen LogP) is 2.68. The van der Waals surface area contributed by atoms with E-state index in [9.17, 15) is 4.79 Å². The maximum Gasteiger partial charge on any atom is 0.159 e. The van der Waals surface area contributed by atoms with Crippen LogP contribution in [0.2, 0.25) is 0 Å². The number of rotatable bonds is 1. The second-order valence-corrected chi connectivity index (χ2v) is 3.29. The number of ketones is 1. The highest BCUT2D eigenvalue weighted by Crippen LogP contribution is 2.18. The summed E-state index contributed by atoms with van der Waals surface area (Å²) in [6, 6.07) is 5.73. The molecule has 0 bridgehead atoms. The quantitative estimate of drug-likeness (QED) is 0.661. The van der Waals surface area contributed by atoms with Crippen LogP contribution in [-0.2, 0) is 0 Å². The van der Waals surface area contributed by atoms with E-state index in [1.807, 2.05) is 31.3 Å². The molecule has 0 fully saturated rings. The lowest BCUT2D eigenvalue weighted by Gasteiger charge is -1.96. The van der Waals surface area contributed by atoms with E-state index in [0.717, 1.165) is 16.5 Å². The number of nitrogens with one attached hydrogen (secondary N) is 1. The van der Waals surface area contributed by atoms with Crippen molar-refractivity contribution >= 4 is 16.7 Å². The molecule has 0 spiro atoms. The Bertz CT molecular complexity index is 468. The SMILES string of the molecule is CC(=O)c1ccc2[nH]cc(C)c2c1. The molecule has 2 nitrogen and oxygen atoms in total. The molecule has 0 atom stereocenters. The minimum atomic E-state index is 0.113. The third-order valence-corrected chi connectivity index (χ3v) is 2.30. The van der Waals surface area contributed by atoms with E-state index in [2.05, 4.69) is 4.98 Å². The number of aromatic amines is 1. The predicted molar refractivity (Wildman–Crippen MR) is 53.0 cm³/mol. The van der Waals surface area contributed by atoms with Crippen LogP contribution in [0.5, 0.6) is 0 Å². The number of benzene rings is 1. The molecule has 0 saturated heterocycles. The zero-order valence-corrected chi connectivity index (χ0v) is 7.72. The largest absolute Gasteiger partial charge is 0.361 e. The maximum absolute atomic E-state index is 11.1. The Kier molecular flexibility index (Phi) is 1.69. The molecule has 0 aliphatic heterocycles. The van der Waals surface area contributed by atoms with Crippen molar-refractivity contribution in [2.24, 2.45) is 0 Å². The third kappa shape index (κ3) is 1.24. The highest BCUT2D eigenvalue weighted by Gasteiger charge is 2.03. The van der Waals surface area contributed by atoms with Gasteiger partial charge in [-0.05, 0) is 37.6 Å². The van der Waals surface area contributed by atoms with Crippen molar-refractivity contribution in [1.29, 1.82) is 0 Å². The van der Waals surface area contributed by atoms with Gasteiger partial charge in [0.1, 0.15) is 0 Å². The molecule has 0 aliphatic carbocycles. The van der Waals surface area contributed by atoms with E-state index in [1.165, 1.54) is 5.56 Å². The number of fused-ring (bicyclic) bond motifs is 1. The summed E-state index contributed by atoms with van der Waals surface area (Å²) in [5, 5.41) is 1.13. The van der Waals surface area contributed by atoms with Crippen molar-refractivity contribution in [3.05, 3.63) is 35.5 Å². The van der Waals surface area contributed by atoms with Crippen LogP contribution in [0.1, 0.15) is 22.8 Å². The first-order chi connectivity index (χ1) is 6.18. The van der Waals surface area contributed by atoms with Crippen LogP contribution < -0.4 is 0 Å². The highest BCUT2D eigenvalue weighted by molar-refractivity contribution is 5.98. The molecule has 0 radical (unpaired) electrons. The summed E-state index contributed by atoms with van der Waals surface area (Å²) in [4.78, 5) is 14.3. The van der Waals surface area contributed by atoms with Crippen LogP contribution in [-0.4, -0.2) is 10.8 Å². The molecule has 0 amide bonds. The van der Waals surface area contributed by atoms with Crippen LogP contribution in [0.15, 0.2) is 24.4 Å². The molecule has 1 N–H and O–H groups in total. The second-order valence-electron chi connectivity index (χ2n) is 3.29. The van der Waals surface area contributed by atoms with Crippen molar-refractivity contribution in [1.82, 2.24) is 4.98 Å². The summed E-state index contributed by atoms with van der Waals surface area (Å²) < 4.78 is 0. The van der Waals surface area contributed by atoms with Gasteiger partial charge in [0.2, 0.25) is 0 Å². The summed E-state index contributed by atoms with van der Waals surface area (Å²) in [5.74, 6) is 0.113. The standard InChI is InChI=1S/C11H11NO/c1-7-6-12-11-4-3-9(8(2)13)5-10(7)11/h3-6,12H,1-2H3. The topological polar surface area (TPSA) is 32.9 Å². The molecule has 0 unspecified atom stereocenters. The van der Waals surface area contributed by atoms with Crippen LogP contribution in [0.3, 0.4) is 0 Å². The lowest BCUT2D eigenvalue weighted by atomic mass is 10.1. The number of aryl methyl sites for hydroxylation is 1. The fraction of sp³-hybridized carbons (Fsp3) is 0.182. The van der Waals surface area contributed by atoms with Gasteiger partial charge < -0.3 is 4.98 Å². The number of hydrogen-bond donors (Lipinski definition) is 1. The Morgan fingerprint density at radius 2 is 2.15 bits per heavy atom. The first-order valence-electron chi connectivity index (χ1n) is 4.27. The van der Waals surface area contributed by atoms with Gasteiger partial charge in [-0.1, -0.05) is 0 Å². The molecular formula is C11H11NO. The highest BCUT2D eigenvalue weighted by atomic mass is 16.1. The smallest absolute Gasteiger partial charge is 0.159 e. The fourth-order valence-corrected chi connectivity index (χ4v) is 1.48. The molecule has 2 rings (SSSR count). The Morgan fingerprint density at radius 3 is 2.85 bits per heavy atom. The number of H-pyrrole nitrogens is 1. The third-order valence-electron chi connectivity index (χ3n) is 2.30. The van der Waals surface area contributed by atoms with Gasteiger partial charge in [0.05, 0.1) is 0 Å². The minimum Gasteiger partial charge on any atom is -0.361 e. The lowest BCUT2D eigenvalue weighted by Crippen LogP contribution is -1.90. The van der Waals surface area contributed by atoms with Gasteiger partial charge in [-0.2, -0.15) is 0 Å². The Labute approximate surface area is 76.6 Å². The van der Waals surface area contributed by atoms with E-state index in [1.54, 1.807) is 6.92 Å². The average Bonchev–Trinajstić information content (AvgIpc) is 2.47. The number of Topliss-reactive ketones (excluding diaryl/α,β-unsaturated/α-hetero) is 1. The van der Waals surface area contributed by atoms with Crippen LogP contribution in [0.4, 0.5) is 0 Å². The van der Waals surface area contributed by atoms with E-state index in [0.29, 0.717) is 0 Å². The summed E-state index contributed by atoms with van der Waals surface area (Å²) in [5.41, 5.74) is 3.04. The van der Waals surface area contributed by atoms with Crippen molar-refractivity contribution in [3.63, 3.8) is 0 Å². The molecule has 0 saturated carbocycles. The van der Waals surface area contributed by atoms with Crippen LogP contribution in [0, 0.1) is 6.92 Å². The summed E-state index contributed by atoms with van der Waals surface area (Å²) in [7, 11) is 0. The van der Waals surface area contributed by atoms with E-state index in [-0.39, 0.29) is 5.78 Å². The minimum absolute atomic E-state index is 0.113. The van der Waals surface area contributed by atoms with Gasteiger partial charge in [0.15, 0.2) is 5.78 Å². The van der Waals surface area contributed by atoms with E-state index in [4.69, 9.17) is 0 Å². The number of aromatic nitrogens is 1. The molecule has 2 aromatic rings. The molecule has 1 heterocycles. The van der Waals surface area contributed by atoms with Crippen molar-refractivity contribution < 1.29 is 4.79 Å². The Balaban J connectivity index is 2.72. The maximum atomic E-state index is 11.1. The van der Waals surface area contributed by atoms with Gasteiger partial charge in [-0.15, -0.1) is 0 Å². The molecule has 66 valence electrons. The average molecular weight is 173 g/mol. The van der Waals surface area contributed by atoms with Gasteiger partial charge >= 0.3 is 0 Å². The monoisotopic (exact) mass is 173 g/mol. The Hall–Kier alpha value is -1.57. The normalized spacial score (nSPS) is 10.6. The number of carbonyl (C=O) groups is 1. The molecular weight excluding hydrogens is 162 g/mol. The van der Waals surface area contributed by atoms with Crippen molar-refractivity contribution in [2.75, 3.05) is 0 Å². The van der Waals surface area contributed by atoms with Crippen LogP contribution >= 0.6 is 0 Å². The van der Waals surface area contributed by atoms with Crippen molar-refractivity contribution in [3.8, 4) is 0 Å². The molecule has 0 aliphatic rings. The second kappa shape index (κ2) is 2.73. The molecule has 1 aromatic heterocycles. The molecule has 2 heteroatoms. The number of hydrogen-bond acceptors (Lipinski definition) is 1. The van der Waals surface area contributed by atoms with Gasteiger partial charge in [0.25, 0.3) is 0 Å². The number of carbonyl (C=O) groups excluding carboxylic acids is 1. The van der Waals surface area contributed by atoms with Gasteiger partial charge in [-0.25, -0.2) is 0 Å². The van der Waals surface area contributed by atoms with Crippen molar-refractivity contribution in [2.45, 2.75) is 13.8 Å². The summed E-state index contributed by atoms with van der Waals surface area (Å²) in [6.45, 7) is 3.62. The zero-order valence-electron chi connectivity index (χ0n) is 7.72. The summed E-state index contributed by atoms with van der Waals surface area (Å²) in [6.07, 6.45) is 1.95. The molecule has 1 aromatic carbocycles. The van der Waals surface area contributed by atoms with Gasteiger partial charge in [0, 0.05) is 22.7 Å². The molecule has 13 heavy (non-hydrogen) atoms.